The average molecular weight is 272 g/mol. The van der Waals surface area contributed by atoms with E-state index in [1.54, 1.807) is 0 Å². The minimum Gasteiger partial charge on any atom is -0.481 e. The number of carboxylic acid groups (broad SMARTS) is 1. The monoisotopic (exact) mass is 272 g/mol. The number of rotatable bonds is 7. The Morgan fingerprint density at radius 3 is 2.50 bits per heavy atom. The Labute approximate surface area is 102 Å². The normalized spacial score (nSPS) is 11.1. The third kappa shape index (κ3) is 9.70. The number of ether oxygens (including phenoxy) is 1. The number of hydrogen-bond donors (Lipinski definition) is 2. The van der Waals surface area contributed by atoms with Crippen LogP contribution < -0.4 is 5.32 Å². The number of carbonyl (C=O) groups excluding carboxylic acids is 1. The summed E-state index contributed by atoms with van der Waals surface area (Å²) in [4.78, 5) is 22.6. The van der Waals surface area contributed by atoms with E-state index in [1.165, 1.54) is 7.05 Å². The number of alkyl halides is 3. The van der Waals surface area contributed by atoms with Crippen molar-refractivity contribution in [3.05, 3.63) is 0 Å². The zero-order chi connectivity index (χ0) is 14.2. The highest BCUT2D eigenvalue weighted by molar-refractivity contribution is 5.74. The molecule has 0 aliphatic rings. The Balaban J connectivity index is 3.61. The zero-order valence-electron chi connectivity index (χ0n) is 9.79. The third-order valence-electron chi connectivity index (χ3n) is 1.80. The summed E-state index contributed by atoms with van der Waals surface area (Å²) in [5.74, 6) is -1.04. The highest BCUT2D eigenvalue weighted by Crippen LogP contribution is 2.13. The number of aliphatic carboxylic acids is 1. The summed E-state index contributed by atoms with van der Waals surface area (Å²) in [7, 11) is 1.38. The van der Waals surface area contributed by atoms with Gasteiger partial charge < -0.3 is 20.1 Å². The van der Waals surface area contributed by atoms with Crippen LogP contribution in [-0.4, -0.2) is 61.5 Å². The summed E-state index contributed by atoms with van der Waals surface area (Å²) in [6, 6.07) is -0.563. The van der Waals surface area contributed by atoms with Gasteiger partial charge in [-0.1, -0.05) is 0 Å². The number of nitrogens with zero attached hydrogens (tertiary/aromatic N) is 1. The maximum atomic E-state index is 11.7. The lowest BCUT2D eigenvalue weighted by molar-refractivity contribution is -0.173. The van der Waals surface area contributed by atoms with Gasteiger partial charge in [-0.05, 0) is 0 Å². The molecule has 0 rings (SSSR count). The number of nitrogens with one attached hydrogen (secondary N) is 1. The van der Waals surface area contributed by atoms with Crippen molar-refractivity contribution in [3.8, 4) is 0 Å². The van der Waals surface area contributed by atoms with Crippen molar-refractivity contribution in [2.75, 3.05) is 33.4 Å². The quantitative estimate of drug-likeness (QED) is 0.668. The molecule has 0 aromatic carbocycles. The molecule has 106 valence electrons. The molecule has 6 nitrogen and oxygen atoms in total. The Kier molecular flexibility index (Phi) is 7.10. The summed E-state index contributed by atoms with van der Waals surface area (Å²) in [5.41, 5.74) is 0. The van der Waals surface area contributed by atoms with Gasteiger partial charge in [-0.3, -0.25) is 4.79 Å². The largest absolute Gasteiger partial charge is 0.481 e. The van der Waals surface area contributed by atoms with Crippen molar-refractivity contribution < 1.29 is 32.6 Å². The van der Waals surface area contributed by atoms with Crippen LogP contribution in [0.15, 0.2) is 0 Å². The number of hydrogen-bond acceptors (Lipinski definition) is 3. The molecule has 18 heavy (non-hydrogen) atoms. The molecule has 0 aromatic heterocycles. The zero-order valence-corrected chi connectivity index (χ0v) is 9.79. The van der Waals surface area contributed by atoms with Crippen molar-refractivity contribution in [1.82, 2.24) is 10.2 Å². The molecule has 2 amide bonds. The van der Waals surface area contributed by atoms with Gasteiger partial charge in [0.2, 0.25) is 0 Å². The molecule has 0 radical (unpaired) electrons. The first kappa shape index (κ1) is 16.5. The maximum absolute atomic E-state index is 11.7. The predicted molar refractivity (Wildman–Crippen MR) is 55.2 cm³/mol. The van der Waals surface area contributed by atoms with Gasteiger partial charge in [0, 0.05) is 20.1 Å². The molecule has 2 N–H and O–H groups in total. The molecule has 0 aliphatic carbocycles. The molecule has 0 saturated heterocycles. The van der Waals surface area contributed by atoms with Gasteiger partial charge in [0.15, 0.2) is 0 Å². The standard InChI is InChI=1S/C9H15F3N2O4/c1-14(4-2-7(15)16)8(17)13-3-5-18-6-9(10,11)12/h2-6H2,1H3,(H,13,17)(H,15,16). The number of carboxylic acids is 1. The smallest absolute Gasteiger partial charge is 0.411 e. The van der Waals surface area contributed by atoms with E-state index < -0.39 is 24.8 Å². The first-order valence-corrected chi connectivity index (χ1v) is 5.07. The lowest BCUT2D eigenvalue weighted by Gasteiger charge is -2.17. The molecular formula is C9H15F3N2O4. The van der Waals surface area contributed by atoms with Crippen LogP contribution in [0.25, 0.3) is 0 Å². The second kappa shape index (κ2) is 7.75. The minimum atomic E-state index is -4.39. The van der Waals surface area contributed by atoms with Crippen LogP contribution in [-0.2, 0) is 9.53 Å². The van der Waals surface area contributed by atoms with Crippen molar-refractivity contribution in [2.45, 2.75) is 12.6 Å². The molecule has 0 spiro atoms. The highest BCUT2D eigenvalue weighted by Gasteiger charge is 2.27. The summed E-state index contributed by atoms with van der Waals surface area (Å²) < 4.78 is 39.3. The number of carbonyl (C=O) groups is 2. The van der Waals surface area contributed by atoms with Crippen LogP contribution in [0.2, 0.25) is 0 Å². The Morgan fingerprint density at radius 2 is 2.00 bits per heavy atom. The van der Waals surface area contributed by atoms with E-state index in [0.717, 1.165) is 4.90 Å². The van der Waals surface area contributed by atoms with E-state index in [9.17, 15) is 22.8 Å². The molecule has 0 aromatic rings. The fourth-order valence-electron chi connectivity index (χ4n) is 0.918. The van der Waals surface area contributed by atoms with Crippen LogP contribution in [0.4, 0.5) is 18.0 Å². The predicted octanol–water partition coefficient (Wildman–Crippen LogP) is 0.681. The third-order valence-corrected chi connectivity index (χ3v) is 1.80. The minimum absolute atomic E-state index is 0.0184. The van der Waals surface area contributed by atoms with E-state index in [4.69, 9.17) is 5.11 Å². The van der Waals surface area contributed by atoms with Gasteiger partial charge in [0.05, 0.1) is 13.0 Å². The van der Waals surface area contributed by atoms with Crippen LogP contribution in [0.1, 0.15) is 6.42 Å². The Hall–Kier alpha value is -1.51. The van der Waals surface area contributed by atoms with Gasteiger partial charge >= 0.3 is 18.2 Å². The van der Waals surface area contributed by atoms with Gasteiger partial charge in [-0.25, -0.2) is 4.79 Å². The molecule has 0 heterocycles. The van der Waals surface area contributed by atoms with Crippen LogP contribution in [0, 0.1) is 0 Å². The van der Waals surface area contributed by atoms with E-state index in [-0.39, 0.29) is 26.1 Å². The fraction of sp³-hybridized carbons (Fsp3) is 0.778. The lowest BCUT2D eigenvalue weighted by atomic mass is 10.4. The van der Waals surface area contributed by atoms with E-state index in [1.807, 2.05) is 0 Å². The average Bonchev–Trinajstić information content (AvgIpc) is 2.23. The molecular weight excluding hydrogens is 257 g/mol. The van der Waals surface area contributed by atoms with Crippen molar-refractivity contribution in [3.63, 3.8) is 0 Å². The Morgan fingerprint density at radius 1 is 1.39 bits per heavy atom. The molecule has 9 heteroatoms. The lowest BCUT2D eigenvalue weighted by Crippen LogP contribution is -2.40. The first-order valence-electron chi connectivity index (χ1n) is 5.07. The fourth-order valence-corrected chi connectivity index (χ4v) is 0.918. The van der Waals surface area contributed by atoms with Crippen molar-refractivity contribution >= 4 is 12.0 Å². The summed E-state index contributed by atoms with van der Waals surface area (Å²) >= 11 is 0. The second-order valence-corrected chi connectivity index (χ2v) is 3.46. The van der Waals surface area contributed by atoms with Gasteiger partial charge in [0.1, 0.15) is 6.61 Å². The first-order chi connectivity index (χ1) is 8.22. The molecule has 0 fully saturated rings. The van der Waals surface area contributed by atoms with Crippen LogP contribution in [0.5, 0.6) is 0 Å². The van der Waals surface area contributed by atoms with Gasteiger partial charge in [-0.15, -0.1) is 0 Å². The molecule has 0 unspecified atom stereocenters. The van der Waals surface area contributed by atoms with Crippen LogP contribution in [0.3, 0.4) is 0 Å². The second-order valence-electron chi connectivity index (χ2n) is 3.46. The Bertz CT molecular complexity index is 283. The van der Waals surface area contributed by atoms with Gasteiger partial charge in [-0.2, -0.15) is 13.2 Å². The molecule has 0 saturated carbocycles. The number of halogens is 3. The number of urea groups is 1. The molecule has 0 bridgehead atoms. The summed E-state index contributed by atoms with van der Waals surface area (Å²) in [5, 5.41) is 10.7. The molecule has 0 aliphatic heterocycles. The topological polar surface area (TPSA) is 78.9 Å². The summed E-state index contributed by atoms with van der Waals surface area (Å²) in [6.07, 6.45) is -4.59. The van der Waals surface area contributed by atoms with E-state index in [2.05, 4.69) is 10.1 Å². The molecule has 0 atom stereocenters. The SMILES string of the molecule is CN(CCC(=O)O)C(=O)NCCOCC(F)(F)F. The van der Waals surface area contributed by atoms with Crippen LogP contribution >= 0.6 is 0 Å². The maximum Gasteiger partial charge on any atom is 0.411 e. The van der Waals surface area contributed by atoms with E-state index >= 15 is 0 Å². The van der Waals surface area contributed by atoms with E-state index in [0.29, 0.717) is 0 Å². The summed E-state index contributed by atoms with van der Waals surface area (Å²) in [6.45, 7) is -1.69. The highest BCUT2D eigenvalue weighted by atomic mass is 19.4. The van der Waals surface area contributed by atoms with Gasteiger partial charge in [0.25, 0.3) is 0 Å². The number of amides is 2. The van der Waals surface area contributed by atoms with Crippen molar-refractivity contribution in [1.29, 1.82) is 0 Å². The van der Waals surface area contributed by atoms with Crippen molar-refractivity contribution in [2.24, 2.45) is 0 Å².